The van der Waals surface area contributed by atoms with E-state index in [0.29, 0.717) is 0 Å². The van der Waals surface area contributed by atoms with Gasteiger partial charge in [-0.05, 0) is 24.3 Å². The second kappa shape index (κ2) is 7.67. The molecular weight excluding hydrogens is 370 g/mol. The zero-order valence-electron chi connectivity index (χ0n) is 14.4. The van der Waals surface area contributed by atoms with Crippen LogP contribution in [0.5, 0.6) is 0 Å². The smallest absolute Gasteiger partial charge is 0.407 e. The molecule has 0 bridgehead atoms. The number of nitrogens with one attached hydrogen (secondary N) is 1. The Kier molecular flexibility index (Phi) is 5.31. The summed E-state index contributed by atoms with van der Waals surface area (Å²) in [6, 6.07) is 14.3. The molecule has 1 fully saturated rings. The third kappa shape index (κ3) is 4.20. The van der Waals surface area contributed by atoms with Crippen LogP contribution in [0.15, 0.2) is 59.5 Å². The fourth-order valence-corrected chi connectivity index (χ4v) is 3.93. The summed E-state index contributed by atoms with van der Waals surface area (Å²) in [5.74, 6) is -0.341. The van der Waals surface area contributed by atoms with Crippen molar-refractivity contribution in [2.75, 3.05) is 30.9 Å². The summed E-state index contributed by atoms with van der Waals surface area (Å²) in [6.07, 6.45) is -1.02. The quantitative estimate of drug-likeness (QED) is 0.831. The van der Waals surface area contributed by atoms with Crippen LogP contribution in [0.1, 0.15) is 10.4 Å². The van der Waals surface area contributed by atoms with Gasteiger partial charge >= 0.3 is 6.09 Å². The van der Waals surface area contributed by atoms with E-state index in [0.717, 1.165) is 0 Å². The fourth-order valence-electron chi connectivity index (χ4n) is 2.83. The molecule has 2 aromatic carbocycles. The van der Waals surface area contributed by atoms with Crippen molar-refractivity contribution >= 4 is 27.7 Å². The van der Waals surface area contributed by atoms with E-state index in [-0.39, 0.29) is 48.2 Å². The van der Waals surface area contributed by atoms with E-state index in [4.69, 9.17) is 5.11 Å². The first-order valence-corrected chi connectivity index (χ1v) is 9.81. The largest absolute Gasteiger partial charge is 0.465 e. The molecule has 0 radical (unpaired) electrons. The Morgan fingerprint density at radius 1 is 0.852 bits per heavy atom. The van der Waals surface area contributed by atoms with Crippen LogP contribution in [0.3, 0.4) is 0 Å². The molecule has 2 N–H and O–H groups in total. The second-order valence-corrected chi connectivity index (χ2v) is 7.71. The maximum Gasteiger partial charge on any atom is 0.407 e. The van der Waals surface area contributed by atoms with Crippen LogP contribution in [0.2, 0.25) is 0 Å². The van der Waals surface area contributed by atoms with Gasteiger partial charge in [0.15, 0.2) is 0 Å². The summed E-state index contributed by atoms with van der Waals surface area (Å²) in [5, 5.41) is 9.01. The van der Waals surface area contributed by atoms with Crippen molar-refractivity contribution in [3.05, 3.63) is 60.2 Å². The Labute approximate surface area is 157 Å². The highest BCUT2D eigenvalue weighted by atomic mass is 32.2. The molecule has 1 heterocycles. The minimum absolute atomic E-state index is 0.0994. The van der Waals surface area contributed by atoms with Gasteiger partial charge in [0.1, 0.15) is 0 Å². The number of amides is 2. The SMILES string of the molecule is O=C(O)N1CCN(C(=O)c2ccccc2NS(=O)(=O)c2ccccc2)CC1. The maximum absolute atomic E-state index is 12.8. The number of anilines is 1. The van der Waals surface area contributed by atoms with Gasteiger partial charge in [-0.1, -0.05) is 30.3 Å². The Balaban J connectivity index is 1.80. The number of benzene rings is 2. The molecule has 3 rings (SSSR count). The van der Waals surface area contributed by atoms with Gasteiger partial charge in [-0.25, -0.2) is 13.2 Å². The van der Waals surface area contributed by atoms with Crippen molar-refractivity contribution in [3.63, 3.8) is 0 Å². The van der Waals surface area contributed by atoms with Crippen molar-refractivity contribution in [2.24, 2.45) is 0 Å². The van der Waals surface area contributed by atoms with E-state index in [9.17, 15) is 18.0 Å². The van der Waals surface area contributed by atoms with Crippen molar-refractivity contribution in [1.29, 1.82) is 0 Å². The Hall–Kier alpha value is -3.07. The second-order valence-electron chi connectivity index (χ2n) is 6.03. The molecule has 1 aliphatic rings. The number of piperazine rings is 1. The van der Waals surface area contributed by atoms with Gasteiger partial charge in [0.05, 0.1) is 16.1 Å². The van der Waals surface area contributed by atoms with Gasteiger partial charge in [-0.3, -0.25) is 9.52 Å². The molecule has 0 unspecified atom stereocenters. The highest BCUT2D eigenvalue weighted by molar-refractivity contribution is 7.92. The molecule has 2 amide bonds. The molecule has 9 heteroatoms. The first-order valence-electron chi connectivity index (χ1n) is 8.32. The van der Waals surface area contributed by atoms with Gasteiger partial charge in [0.25, 0.3) is 15.9 Å². The number of carboxylic acid groups (broad SMARTS) is 1. The molecule has 142 valence electrons. The normalized spacial score (nSPS) is 14.7. The van der Waals surface area contributed by atoms with Gasteiger partial charge in [0, 0.05) is 26.2 Å². The van der Waals surface area contributed by atoms with Gasteiger partial charge < -0.3 is 14.9 Å². The van der Waals surface area contributed by atoms with Crippen molar-refractivity contribution in [2.45, 2.75) is 4.90 Å². The third-order valence-corrected chi connectivity index (χ3v) is 5.67. The Morgan fingerprint density at radius 3 is 2.04 bits per heavy atom. The van der Waals surface area contributed by atoms with Crippen LogP contribution in [0.25, 0.3) is 0 Å². The Morgan fingerprint density at radius 2 is 1.41 bits per heavy atom. The molecule has 0 saturated carbocycles. The van der Waals surface area contributed by atoms with E-state index >= 15 is 0 Å². The van der Waals surface area contributed by atoms with Crippen LogP contribution in [0, 0.1) is 0 Å². The fraction of sp³-hybridized carbons (Fsp3) is 0.222. The molecule has 27 heavy (non-hydrogen) atoms. The topological polar surface area (TPSA) is 107 Å². The molecule has 1 saturated heterocycles. The van der Waals surface area contributed by atoms with E-state index in [1.165, 1.54) is 28.0 Å². The average Bonchev–Trinajstić information content (AvgIpc) is 2.68. The lowest BCUT2D eigenvalue weighted by Gasteiger charge is -2.33. The number of para-hydroxylation sites is 1. The number of carbonyl (C=O) groups excluding carboxylic acids is 1. The first kappa shape index (κ1) is 18.7. The molecule has 2 aromatic rings. The van der Waals surface area contributed by atoms with Crippen LogP contribution >= 0.6 is 0 Å². The van der Waals surface area contributed by atoms with Crippen molar-refractivity contribution < 1.29 is 23.1 Å². The molecular formula is C18H19N3O5S. The number of sulfonamides is 1. The highest BCUT2D eigenvalue weighted by Crippen LogP contribution is 2.22. The highest BCUT2D eigenvalue weighted by Gasteiger charge is 2.26. The van der Waals surface area contributed by atoms with E-state index in [1.54, 1.807) is 36.4 Å². The number of hydrogen-bond acceptors (Lipinski definition) is 4. The standard InChI is InChI=1S/C18H19N3O5S/c22-17(20-10-12-21(13-11-20)18(23)24)15-8-4-5-9-16(15)19-27(25,26)14-6-2-1-3-7-14/h1-9,19H,10-13H2,(H,23,24). The van der Waals surface area contributed by atoms with Gasteiger partial charge in [0.2, 0.25) is 0 Å². The minimum atomic E-state index is -3.83. The third-order valence-electron chi connectivity index (χ3n) is 4.29. The average molecular weight is 389 g/mol. The molecule has 0 aliphatic carbocycles. The molecule has 8 nitrogen and oxygen atoms in total. The summed E-state index contributed by atoms with van der Waals surface area (Å²) in [7, 11) is -3.83. The summed E-state index contributed by atoms with van der Waals surface area (Å²) < 4.78 is 27.6. The molecule has 0 spiro atoms. The van der Waals surface area contributed by atoms with E-state index in [1.807, 2.05) is 0 Å². The lowest BCUT2D eigenvalue weighted by molar-refractivity contribution is 0.0626. The van der Waals surface area contributed by atoms with Crippen LogP contribution in [-0.2, 0) is 10.0 Å². The monoisotopic (exact) mass is 389 g/mol. The lowest BCUT2D eigenvalue weighted by Crippen LogP contribution is -2.50. The lowest BCUT2D eigenvalue weighted by atomic mass is 10.1. The van der Waals surface area contributed by atoms with Crippen molar-refractivity contribution in [1.82, 2.24) is 9.80 Å². The number of carbonyl (C=O) groups is 2. The maximum atomic E-state index is 12.8. The number of rotatable bonds is 4. The first-order chi connectivity index (χ1) is 12.9. The predicted octanol–water partition coefficient (Wildman–Crippen LogP) is 1.92. The van der Waals surface area contributed by atoms with Crippen molar-refractivity contribution in [3.8, 4) is 0 Å². The summed E-state index contributed by atoms with van der Waals surface area (Å²) in [4.78, 5) is 26.7. The molecule has 0 aromatic heterocycles. The minimum Gasteiger partial charge on any atom is -0.465 e. The van der Waals surface area contributed by atoms with Crippen LogP contribution in [0.4, 0.5) is 10.5 Å². The molecule has 0 atom stereocenters. The van der Waals surface area contributed by atoms with Crippen LogP contribution < -0.4 is 4.72 Å². The number of nitrogens with zero attached hydrogens (tertiary/aromatic N) is 2. The van der Waals surface area contributed by atoms with E-state index in [2.05, 4.69) is 4.72 Å². The van der Waals surface area contributed by atoms with E-state index < -0.39 is 16.1 Å². The van der Waals surface area contributed by atoms with Gasteiger partial charge in [-0.15, -0.1) is 0 Å². The summed E-state index contributed by atoms with van der Waals surface area (Å²) in [6.45, 7) is 0.952. The van der Waals surface area contributed by atoms with Gasteiger partial charge in [-0.2, -0.15) is 0 Å². The Bertz CT molecular complexity index is 938. The predicted molar refractivity (Wildman–Crippen MR) is 99.2 cm³/mol. The summed E-state index contributed by atoms with van der Waals surface area (Å²) in [5.41, 5.74) is 0.410. The molecule has 1 aliphatic heterocycles. The number of hydrogen-bond donors (Lipinski definition) is 2. The summed E-state index contributed by atoms with van der Waals surface area (Å²) >= 11 is 0. The zero-order valence-corrected chi connectivity index (χ0v) is 15.2. The van der Waals surface area contributed by atoms with Crippen LogP contribution in [-0.4, -0.2) is 61.5 Å². The zero-order chi connectivity index (χ0) is 19.4.